The topological polar surface area (TPSA) is 136 Å². The number of carbonyl (C=O) groups excluding carboxylic acids is 2. The number of carbonyl (C=O) groups is 2. The average Bonchev–Trinajstić information content (AvgIpc) is 2.78. The Morgan fingerprint density at radius 3 is 2.66 bits per heavy atom. The van der Waals surface area contributed by atoms with E-state index in [9.17, 15) is 9.59 Å². The number of rotatable bonds is 8. The zero-order valence-corrected chi connectivity index (χ0v) is 18.4. The van der Waals surface area contributed by atoms with E-state index in [1.807, 2.05) is 19.1 Å². The van der Waals surface area contributed by atoms with Gasteiger partial charge in [-0.1, -0.05) is 19.1 Å². The first-order valence-electron chi connectivity index (χ1n) is 10.3. The lowest BCUT2D eigenvalue weighted by atomic mass is 10.0. The van der Waals surface area contributed by atoms with Crippen LogP contribution in [-0.2, 0) is 9.47 Å². The van der Waals surface area contributed by atoms with E-state index in [1.165, 1.54) is 7.11 Å². The number of hydrogen-bond donors (Lipinski definition) is 3. The summed E-state index contributed by atoms with van der Waals surface area (Å²) >= 11 is 0. The van der Waals surface area contributed by atoms with Crippen molar-refractivity contribution in [2.24, 2.45) is 0 Å². The smallest absolute Gasteiger partial charge is 0.407 e. The molecule has 168 valence electrons. The van der Waals surface area contributed by atoms with Crippen molar-refractivity contribution in [3.05, 3.63) is 52.9 Å². The normalized spacial score (nSPS) is 14.7. The van der Waals surface area contributed by atoms with Gasteiger partial charge in [0.15, 0.2) is 0 Å². The zero-order valence-electron chi connectivity index (χ0n) is 18.4. The van der Waals surface area contributed by atoms with Crippen molar-refractivity contribution in [3.8, 4) is 12.1 Å². The van der Waals surface area contributed by atoms with Gasteiger partial charge in [0.2, 0.25) is 0 Å². The fourth-order valence-corrected chi connectivity index (χ4v) is 3.10. The van der Waals surface area contributed by atoms with Gasteiger partial charge in [0.05, 0.1) is 37.3 Å². The Hall–Kier alpha value is -3.98. The molecule has 0 saturated carbocycles. The summed E-state index contributed by atoms with van der Waals surface area (Å²) in [5.41, 5.74) is 2.52. The third kappa shape index (κ3) is 7.06. The molecule has 3 amide bonds. The lowest BCUT2D eigenvalue weighted by Gasteiger charge is -2.19. The highest BCUT2D eigenvalue weighted by Gasteiger charge is 2.17. The number of ether oxygens (including phenoxy) is 2. The average molecular weight is 438 g/mol. The molecule has 0 spiro atoms. The summed E-state index contributed by atoms with van der Waals surface area (Å²) in [5, 5.41) is 26.1. The highest BCUT2D eigenvalue weighted by atomic mass is 16.6. The van der Waals surface area contributed by atoms with E-state index in [2.05, 4.69) is 22.0 Å². The van der Waals surface area contributed by atoms with Gasteiger partial charge in [-0.3, -0.25) is 0 Å². The van der Waals surface area contributed by atoms with Gasteiger partial charge in [-0.05, 0) is 43.9 Å². The van der Waals surface area contributed by atoms with Gasteiger partial charge in [-0.25, -0.2) is 9.59 Å². The Morgan fingerprint density at radius 1 is 1.22 bits per heavy atom. The summed E-state index contributed by atoms with van der Waals surface area (Å²) in [5.74, 6) is 0.447. The van der Waals surface area contributed by atoms with Crippen molar-refractivity contribution in [3.63, 3.8) is 0 Å². The highest BCUT2D eigenvalue weighted by molar-refractivity contribution is 5.90. The minimum Gasteiger partial charge on any atom is -0.496 e. The van der Waals surface area contributed by atoms with Gasteiger partial charge in [-0.15, -0.1) is 0 Å². The van der Waals surface area contributed by atoms with Crippen molar-refractivity contribution in [2.75, 3.05) is 12.4 Å². The number of nitrogens with zero attached hydrogens (tertiary/aromatic N) is 2. The number of methoxy groups -OCH3 is 1. The Labute approximate surface area is 187 Å². The summed E-state index contributed by atoms with van der Waals surface area (Å²) < 4.78 is 10.4. The van der Waals surface area contributed by atoms with Crippen LogP contribution in [0, 0.1) is 22.7 Å². The molecule has 3 N–H and O–H groups in total. The van der Waals surface area contributed by atoms with Crippen LogP contribution in [0.3, 0.4) is 0 Å². The number of nitriles is 2. The first-order valence-corrected chi connectivity index (χ1v) is 10.3. The molecule has 1 aromatic carbocycles. The van der Waals surface area contributed by atoms with E-state index < -0.39 is 18.2 Å². The molecule has 1 aromatic rings. The van der Waals surface area contributed by atoms with Gasteiger partial charge in [0.1, 0.15) is 11.9 Å². The zero-order chi connectivity index (χ0) is 23.5. The number of urea groups is 1. The van der Waals surface area contributed by atoms with Crippen LogP contribution in [0.4, 0.5) is 15.3 Å². The van der Waals surface area contributed by atoms with E-state index in [0.29, 0.717) is 42.0 Å². The summed E-state index contributed by atoms with van der Waals surface area (Å²) in [7, 11) is 1.48. The molecule has 2 atom stereocenters. The van der Waals surface area contributed by atoms with Gasteiger partial charge in [-0.2, -0.15) is 10.5 Å². The van der Waals surface area contributed by atoms with Gasteiger partial charge in [0, 0.05) is 17.5 Å². The van der Waals surface area contributed by atoms with Crippen LogP contribution < -0.4 is 16.0 Å². The Balaban J connectivity index is 1.96. The van der Waals surface area contributed by atoms with Gasteiger partial charge < -0.3 is 25.4 Å². The van der Waals surface area contributed by atoms with Crippen LogP contribution in [0.15, 0.2) is 47.4 Å². The molecule has 0 unspecified atom stereocenters. The Morgan fingerprint density at radius 2 is 2.00 bits per heavy atom. The largest absolute Gasteiger partial charge is 0.496 e. The lowest BCUT2D eigenvalue weighted by Crippen LogP contribution is -2.31. The SMILES string of the molecule is CC[C@@H](CC#N)OC(=O)N[C@@H](C)c1cccc(NC(=O)NC2=CC(OC)=C(C#N)CC2)c1. The monoisotopic (exact) mass is 437 g/mol. The van der Waals surface area contributed by atoms with E-state index in [1.54, 1.807) is 31.2 Å². The van der Waals surface area contributed by atoms with Crippen LogP contribution in [-0.4, -0.2) is 25.3 Å². The standard InChI is InChI=1S/C23H27N5O4/c1-4-20(10-11-24)32-23(30)26-15(2)16-6-5-7-18(12-16)27-22(29)28-19-9-8-17(14-25)21(13-19)31-3/h5-7,12-13,15,20H,4,8-10H2,1-3H3,(H,26,30)(H2,27,28,29)/t15-,20-/m0/s1. The van der Waals surface area contributed by atoms with E-state index in [0.717, 1.165) is 5.56 Å². The minimum absolute atomic E-state index is 0.142. The van der Waals surface area contributed by atoms with Gasteiger partial charge >= 0.3 is 12.1 Å². The predicted molar refractivity (Wildman–Crippen MR) is 118 cm³/mol. The quantitative estimate of drug-likeness (QED) is 0.552. The van der Waals surface area contributed by atoms with Crippen LogP contribution in [0.5, 0.6) is 0 Å². The van der Waals surface area contributed by atoms with Crippen molar-refractivity contribution in [2.45, 2.75) is 51.7 Å². The molecule has 0 aromatic heterocycles. The molecule has 1 aliphatic rings. The van der Waals surface area contributed by atoms with E-state index in [4.69, 9.17) is 20.0 Å². The lowest BCUT2D eigenvalue weighted by molar-refractivity contribution is 0.0950. The number of amides is 3. The fraction of sp³-hybridized carbons (Fsp3) is 0.391. The highest BCUT2D eigenvalue weighted by Crippen LogP contribution is 2.23. The third-order valence-electron chi connectivity index (χ3n) is 4.90. The van der Waals surface area contributed by atoms with Crippen LogP contribution >= 0.6 is 0 Å². The molecule has 0 aliphatic heterocycles. The summed E-state index contributed by atoms with van der Waals surface area (Å²) in [6.07, 6.45) is 2.31. The molecular weight excluding hydrogens is 410 g/mol. The van der Waals surface area contributed by atoms with Crippen molar-refractivity contribution < 1.29 is 19.1 Å². The molecule has 32 heavy (non-hydrogen) atoms. The molecule has 0 bridgehead atoms. The number of benzene rings is 1. The second-order valence-corrected chi connectivity index (χ2v) is 7.20. The maximum absolute atomic E-state index is 12.4. The summed E-state index contributed by atoms with van der Waals surface area (Å²) in [4.78, 5) is 24.5. The third-order valence-corrected chi connectivity index (χ3v) is 4.90. The molecular formula is C23H27N5O4. The van der Waals surface area contributed by atoms with Crippen LogP contribution in [0.2, 0.25) is 0 Å². The second-order valence-electron chi connectivity index (χ2n) is 7.20. The number of hydrogen-bond acceptors (Lipinski definition) is 6. The number of nitrogens with one attached hydrogen (secondary N) is 3. The molecule has 9 heteroatoms. The Kier molecular flexibility index (Phi) is 9.12. The van der Waals surface area contributed by atoms with Crippen molar-refractivity contribution in [1.29, 1.82) is 10.5 Å². The van der Waals surface area contributed by atoms with Crippen molar-refractivity contribution >= 4 is 17.8 Å². The maximum atomic E-state index is 12.4. The minimum atomic E-state index is -0.598. The van der Waals surface area contributed by atoms with Crippen LogP contribution in [0.25, 0.3) is 0 Å². The first-order chi connectivity index (χ1) is 15.4. The molecule has 9 nitrogen and oxygen atoms in total. The van der Waals surface area contributed by atoms with E-state index >= 15 is 0 Å². The molecule has 2 rings (SSSR count). The molecule has 0 saturated heterocycles. The molecule has 0 heterocycles. The molecule has 1 aliphatic carbocycles. The summed E-state index contributed by atoms with van der Waals surface area (Å²) in [6.45, 7) is 3.64. The predicted octanol–water partition coefficient (Wildman–Crippen LogP) is 4.39. The number of anilines is 1. The Bertz CT molecular complexity index is 987. The van der Waals surface area contributed by atoms with Gasteiger partial charge in [0.25, 0.3) is 0 Å². The van der Waals surface area contributed by atoms with Crippen molar-refractivity contribution in [1.82, 2.24) is 10.6 Å². The second kappa shape index (κ2) is 12.0. The number of allylic oxidation sites excluding steroid dienone is 3. The summed E-state index contributed by atoms with van der Waals surface area (Å²) in [6, 6.07) is 10.4. The first kappa shape index (κ1) is 24.3. The van der Waals surface area contributed by atoms with E-state index in [-0.39, 0.29) is 12.5 Å². The maximum Gasteiger partial charge on any atom is 0.407 e. The molecule has 0 fully saturated rings. The van der Waals surface area contributed by atoms with Crippen LogP contribution in [0.1, 0.15) is 51.1 Å². The fourth-order valence-electron chi connectivity index (χ4n) is 3.10. The molecule has 0 radical (unpaired) electrons. The number of alkyl carbamates (subject to hydrolysis) is 1.